The summed E-state index contributed by atoms with van der Waals surface area (Å²) >= 11 is 1.60. The molecule has 0 saturated carbocycles. The second kappa shape index (κ2) is 4.19. The lowest BCUT2D eigenvalue weighted by atomic mass is 10.4. The summed E-state index contributed by atoms with van der Waals surface area (Å²) in [5.41, 5.74) is 1.04. The Balaban J connectivity index is 1.78. The first kappa shape index (κ1) is 9.14. The number of thiazole rings is 1. The number of aryl methyl sites for hydroxylation is 1. The Kier molecular flexibility index (Phi) is 2.73. The maximum absolute atomic E-state index is 4.62. The topological polar surface area (TPSA) is 63.8 Å². The van der Waals surface area contributed by atoms with E-state index >= 15 is 0 Å². The van der Waals surface area contributed by atoms with Gasteiger partial charge >= 0.3 is 0 Å². The summed E-state index contributed by atoms with van der Waals surface area (Å²) < 4.78 is 4.62. The Morgan fingerprint density at radius 3 is 3.14 bits per heavy atom. The van der Waals surface area contributed by atoms with E-state index in [0.717, 1.165) is 23.8 Å². The van der Waals surface area contributed by atoms with Crippen LogP contribution in [-0.2, 0) is 6.42 Å². The summed E-state index contributed by atoms with van der Waals surface area (Å²) in [5, 5.41) is 9.85. The van der Waals surface area contributed by atoms with Crippen molar-refractivity contribution < 1.29 is 4.52 Å². The number of hydrogen-bond acceptors (Lipinski definition) is 6. The van der Waals surface area contributed by atoms with Gasteiger partial charge in [0.05, 0.1) is 5.69 Å². The van der Waals surface area contributed by atoms with Crippen LogP contribution in [0.3, 0.4) is 0 Å². The van der Waals surface area contributed by atoms with Crippen LogP contribution in [0, 0.1) is 6.92 Å². The average molecular weight is 210 g/mol. The Hall–Kier alpha value is -1.43. The number of anilines is 1. The van der Waals surface area contributed by atoms with Crippen molar-refractivity contribution in [3.8, 4) is 0 Å². The third-order valence-corrected chi connectivity index (χ3v) is 2.57. The molecule has 14 heavy (non-hydrogen) atoms. The highest BCUT2D eigenvalue weighted by molar-refractivity contribution is 7.13. The van der Waals surface area contributed by atoms with Gasteiger partial charge in [-0.3, -0.25) is 0 Å². The molecule has 0 aliphatic carbocycles. The van der Waals surface area contributed by atoms with E-state index in [1.807, 2.05) is 12.3 Å². The molecule has 2 aromatic rings. The smallest absolute Gasteiger partial charge is 0.213 e. The van der Waals surface area contributed by atoms with Gasteiger partial charge in [0.2, 0.25) is 6.39 Å². The van der Waals surface area contributed by atoms with Crippen molar-refractivity contribution in [3.63, 3.8) is 0 Å². The molecule has 0 aliphatic heterocycles. The van der Waals surface area contributed by atoms with E-state index in [-0.39, 0.29) is 0 Å². The van der Waals surface area contributed by atoms with E-state index in [1.54, 1.807) is 11.3 Å². The van der Waals surface area contributed by atoms with E-state index in [1.165, 1.54) is 6.39 Å². The van der Waals surface area contributed by atoms with Crippen LogP contribution >= 0.6 is 11.3 Å². The van der Waals surface area contributed by atoms with Gasteiger partial charge in [-0.2, -0.15) is 4.98 Å². The molecule has 0 saturated heterocycles. The summed E-state index contributed by atoms with van der Waals surface area (Å²) in [4.78, 5) is 8.19. The fraction of sp³-hybridized carbons (Fsp3) is 0.375. The lowest BCUT2D eigenvalue weighted by Gasteiger charge is -1.97. The maximum Gasteiger partial charge on any atom is 0.213 e. The molecule has 0 unspecified atom stereocenters. The molecule has 2 heterocycles. The molecule has 6 heteroatoms. The Bertz CT molecular complexity index is 384. The number of nitrogens with zero attached hydrogens (tertiary/aromatic N) is 3. The second-order valence-electron chi connectivity index (χ2n) is 2.82. The van der Waals surface area contributed by atoms with Crippen LogP contribution in [0.5, 0.6) is 0 Å². The zero-order valence-corrected chi connectivity index (χ0v) is 8.54. The molecule has 1 N–H and O–H groups in total. The standard InChI is InChI=1S/C8H10N4OS/c1-6-4-14-8(11-6)9-3-2-7-10-5-13-12-7/h4-5H,2-3H2,1H3,(H,9,11). The van der Waals surface area contributed by atoms with Crippen LogP contribution in [0.25, 0.3) is 0 Å². The summed E-state index contributed by atoms with van der Waals surface area (Å²) in [5.74, 6) is 0.714. The molecule has 0 aliphatic rings. The SMILES string of the molecule is Cc1csc(NCCc2ncon2)n1. The van der Waals surface area contributed by atoms with Crippen LogP contribution in [0.15, 0.2) is 16.3 Å². The lowest BCUT2D eigenvalue weighted by molar-refractivity contribution is 0.410. The molecule has 2 rings (SSSR count). The largest absolute Gasteiger partial charge is 0.361 e. The third kappa shape index (κ3) is 2.29. The number of rotatable bonds is 4. The highest BCUT2D eigenvalue weighted by Crippen LogP contribution is 2.13. The predicted octanol–water partition coefficient (Wildman–Crippen LogP) is 1.49. The molecule has 0 bridgehead atoms. The Morgan fingerprint density at radius 2 is 2.50 bits per heavy atom. The minimum absolute atomic E-state index is 0.714. The quantitative estimate of drug-likeness (QED) is 0.828. The fourth-order valence-corrected chi connectivity index (χ4v) is 1.74. The van der Waals surface area contributed by atoms with E-state index in [9.17, 15) is 0 Å². The first-order valence-corrected chi connectivity index (χ1v) is 5.14. The minimum atomic E-state index is 0.714. The summed E-state index contributed by atoms with van der Waals surface area (Å²) in [6.07, 6.45) is 2.08. The normalized spacial score (nSPS) is 10.4. The molecule has 0 spiro atoms. The molecule has 0 atom stereocenters. The van der Waals surface area contributed by atoms with Crippen LogP contribution in [0.1, 0.15) is 11.5 Å². The highest BCUT2D eigenvalue weighted by Gasteiger charge is 2.00. The van der Waals surface area contributed by atoms with Gasteiger partial charge in [0, 0.05) is 18.3 Å². The molecule has 2 aromatic heterocycles. The van der Waals surface area contributed by atoms with E-state index in [4.69, 9.17) is 0 Å². The van der Waals surface area contributed by atoms with Crippen molar-refractivity contribution in [2.24, 2.45) is 0 Å². The van der Waals surface area contributed by atoms with Gasteiger partial charge < -0.3 is 9.84 Å². The molecule has 0 radical (unpaired) electrons. The van der Waals surface area contributed by atoms with E-state index in [2.05, 4.69) is 25.0 Å². The van der Waals surface area contributed by atoms with Gasteiger partial charge in [0.15, 0.2) is 11.0 Å². The maximum atomic E-state index is 4.62. The van der Waals surface area contributed by atoms with Crippen molar-refractivity contribution in [1.82, 2.24) is 15.1 Å². The molecular formula is C8H10N4OS. The van der Waals surface area contributed by atoms with Gasteiger partial charge in [-0.1, -0.05) is 5.16 Å². The van der Waals surface area contributed by atoms with E-state index < -0.39 is 0 Å². The van der Waals surface area contributed by atoms with Crippen molar-refractivity contribution in [2.75, 3.05) is 11.9 Å². The van der Waals surface area contributed by atoms with Crippen molar-refractivity contribution in [3.05, 3.63) is 23.3 Å². The molecule has 74 valence electrons. The Morgan fingerprint density at radius 1 is 1.57 bits per heavy atom. The first-order valence-electron chi connectivity index (χ1n) is 4.26. The fourth-order valence-electron chi connectivity index (χ4n) is 1.02. The Labute approximate surface area is 85.2 Å². The van der Waals surface area contributed by atoms with Crippen LogP contribution < -0.4 is 5.32 Å². The third-order valence-electron chi connectivity index (χ3n) is 1.65. The molecule has 0 aromatic carbocycles. The minimum Gasteiger partial charge on any atom is -0.361 e. The predicted molar refractivity (Wildman–Crippen MR) is 53.3 cm³/mol. The van der Waals surface area contributed by atoms with Gasteiger partial charge in [-0.25, -0.2) is 4.98 Å². The number of nitrogens with one attached hydrogen (secondary N) is 1. The van der Waals surface area contributed by atoms with Crippen molar-refractivity contribution in [1.29, 1.82) is 0 Å². The van der Waals surface area contributed by atoms with Gasteiger partial charge in [-0.15, -0.1) is 11.3 Å². The first-order chi connectivity index (χ1) is 6.84. The molecule has 5 nitrogen and oxygen atoms in total. The summed E-state index contributed by atoms with van der Waals surface area (Å²) in [7, 11) is 0. The molecule has 0 fully saturated rings. The van der Waals surface area contributed by atoms with E-state index in [0.29, 0.717) is 5.82 Å². The van der Waals surface area contributed by atoms with Crippen LogP contribution in [-0.4, -0.2) is 21.7 Å². The monoisotopic (exact) mass is 210 g/mol. The van der Waals surface area contributed by atoms with Gasteiger partial charge in [-0.05, 0) is 6.92 Å². The highest BCUT2D eigenvalue weighted by atomic mass is 32.1. The zero-order chi connectivity index (χ0) is 9.80. The second-order valence-corrected chi connectivity index (χ2v) is 3.68. The zero-order valence-electron chi connectivity index (χ0n) is 7.73. The van der Waals surface area contributed by atoms with Crippen molar-refractivity contribution in [2.45, 2.75) is 13.3 Å². The van der Waals surface area contributed by atoms with Crippen LogP contribution in [0.2, 0.25) is 0 Å². The van der Waals surface area contributed by atoms with Gasteiger partial charge in [0.1, 0.15) is 0 Å². The van der Waals surface area contributed by atoms with Crippen molar-refractivity contribution >= 4 is 16.5 Å². The lowest BCUT2D eigenvalue weighted by Crippen LogP contribution is -2.05. The number of hydrogen-bond donors (Lipinski definition) is 1. The molecule has 0 amide bonds. The number of aromatic nitrogens is 3. The summed E-state index contributed by atoms with van der Waals surface area (Å²) in [6.45, 7) is 2.74. The average Bonchev–Trinajstić information content (AvgIpc) is 2.77. The summed E-state index contributed by atoms with van der Waals surface area (Å²) in [6, 6.07) is 0. The van der Waals surface area contributed by atoms with Crippen LogP contribution in [0.4, 0.5) is 5.13 Å². The molecular weight excluding hydrogens is 200 g/mol. The van der Waals surface area contributed by atoms with Gasteiger partial charge in [0.25, 0.3) is 0 Å².